The van der Waals surface area contributed by atoms with Gasteiger partial charge in [-0.05, 0) is 36.6 Å². The normalized spacial score (nSPS) is 16.9. The van der Waals surface area contributed by atoms with Crippen LogP contribution in [-0.4, -0.2) is 47.6 Å². The molecule has 0 unspecified atom stereocenters. The van der Waals surface area contributed by atoms with E-state index < -0.39 is 0 Å². The summed E-state index contributed by atoms with van der Waals surface area (Å²) in [6, 6.07) is 11.7. The fourth-order valence-electron chi connectivity index (χ4n) is 4.52. The van der Waals surface area contributed by atoms with Crippen molar-refractivity contribution < 1.29 is 4.48 Å². The third-order valence-corrected chi connectivity index (χ3v) is 6.15. The first-order valence-corrected chi connectivity index (χ1v) is 10.6. The van der Waals surface area contributed by atoms with Crippen LogP contribution >= 0.6 is 0 Å². The van der Waals surface area contributed by atoms with Crippen molar-refractivity contribution in [2.45, 2.75) is 19.4 Å². The lowest BCUT2D eigenvalue weighted by Crippen LogP contribution is -2.46. The topological polar surface area (TPSA) is 79.3 Å². The molecule has 5 rings (SSSR count). The Kier molecular flexibility index (Phi) is 5.04. The Morgan fingerprint density at radius 3 is 2.71 bits per heavy atom. The van der Waals surface area contributed by atoms with Gasteiger partial charge in [0.2, 0.25) is 0 Å². The van der Waals surface area contributed by atoms with E-state index in [1.165, 1.54) is 0 Å². The molecule has 2 aliphatic rings. The highest BCUT2D eigenvalue weighted by atomic mass is 19.2. The summed E-state index contributed by atoms with van der Waals surface area (Å²) >= 11 is 0. The van der Waals surface area contributed by atoms with Gasteiger partial charge in [0, 0.05) is 49.9 Å². The molecule has 3 aromatic rings. The maximum atomic E-state index is 14.4. The summed E-state index contributed by atoms with van der Waals surface area (Å²) in [4.78, 5) is 24.4. The number of anilines is 2. The first-order chi connectivity index (χ1) is 15.1. The molecule has 0 saturated carbocycles. The molecule has 0 spiro atoms. The quantitative estimate of drug-likeness (QED) is 0.659. The minimum absolute atomic E-state index is 0.189. The Morgan fingerprint density at radius 2 is 1.97 bits per heavy atom. The van der Waals surface area contributed by atoms with Crippen LogP contribution in [0, 0.1) is 11.3 Å². The zero-order chi connectivity index (χ0) is 21.4. The van der Waals surface area contributed by atoms with Gasteiger partial charge in [-0.1, -0.05) is 16.6 Å². The molecule has 1 aromatic carbocycles. The first kappa shape index (κ1) is 19.5. The van der Waals surface area contributed by atoms with E-state index in [-0.39, 0.29) is 5.56 Å². The third kappa shape index (κ3) is 3.73. The summed E-state index contributed by atoms with van der Waals surface area (Å²) in [5.41, 5.74) is 3.13. The van der Waals surface area contributed by atoms with Gasteiger partial charge in [-0.15, -0.1) is 0 Å². The lowest BCUT2D eigenvalue weighted by atomic mass is 10.0. The van der Waals surface area contributed by atoms with Gasteiger partial charge < -0.3 is 9.88 Å². The predicted molar refractivity (Wildman–Crippen MR) is 118 cm³/mol. The van der Waals surface area contributed by atoms with E-state index in [9.17, 15) is 9.28 Å². The molecule has 158 valence electrons. The van der Waals surface area contributed by atoms with Crippen molar-refractivity contribution in [3.05, 3.63) is 63.6 Å². The van der Waals surface area contributed by atoms with Crippen molar-refractivity contribution in [1.29, 1.82) is 5.26 Å². The van der Waals surface area contributed by atoms with Gasteiger partial charge in [0.15, 0.2) is 0 Å². The second-order valence-corrected chi connectivity index (χ2v) is 8.13. The number of nitriles is 1. The van der Waals surface area contributed by atoms with Gasteiger partial charge >= 0.3 is 0 Å². The SMILES string of the molecule is N#Cc1ccc(N2CCN(Cc3ccc4c5c(c(=O)[nH]c4c3)CCCN5F)CC2)nc1. The number of hydrogen-bond acceptors (Lipinski definition) is 6. The molecule has 0 aliphatic carbocycles. The molecule has 0 bridgehead atoms. The highest BCUT2D eigenvalue weighted by molar-refractivity contribution is 5.93. The largest absolute Gasteiger partial charge is 0.354 e. The first-order valence-electron chi connectivity index (χ1n) is 10.6. The molecule has 1 saturated heterocycles. The Labute approximate surface area is 179 Å². The number of hydrogen-bond donors (Lipinski definition) is 1. The van der Waals surface area contributed by atoms with Gasteiger partial charge in [-0.2, -0.15) is 5.26 Å². The number of halogens is 1. The lowest BCUT2D eigenvalue weighted by molar-refractivity contribution is 0.249. The summed E-state index contributed by atoms with van der Waals surface area (Å²) in [5.74, 6) is 0.891. The van der Waals surface area contributed by atoms with Gasteiger partial charge in [-0.25, -0.2) is 10.1 Å². The van der Waals surface area contributed by atoms with Crippen LogP contribution in [0.25, 0.3) is 10.9 Å². The van der Waals surface area contributed by atoms with Crippen LogP contribution in [0.3, 0.4) is 0 Å². The minimum Gasteiger partial charge on any atom is -0.354 e. The summed E-state index contributed by atoms with van der Waals surface area (Å²) in [6.07, 6.45) is 2.87. The maximum Gasteiger partial charge on any atom is 0.253 e. The van der Waals surface area contributed by atoms with E-state index >= 15 is 0 Å². The van der Waals surface area contributed by atoms with Crippen molar-refractivity contribution in [3.8, 4) is 6.07 Å². The molecule has 0 atom stereocenters. The average Bonchev–Trinajstić information content (AvgIpc) is 2.80. The zero-order valence-electron chi connectivity index (χ0n) is 17.1. The van der Waals surface area contributed by atoms with Crippen LogP contribution < -0.4 is 15.6 Å². The molecule has 31 heavy (non-hydrogen) atoms. The highest BCUT2D eigenvalue weighted by Gasteiger charge is 2.23. The lowest BCUT2D eigenvalue weighted by Gasteiger charge is -2.35. The van der Waals surface area contributed by atoms with E-state index in [1.54, 1.807) is 12.3 Å². The van der Waals surface area contributed by atoms with E-state index in [2.05, 4.69) is 25.8 Å². The number of piperazine rings is 1. The summed E-state index contributed by atoms with van der Waals surface area (Å²) in [6.45, 7) is 4.58. The smallest absolute Gasteiger partial charge is 0.253 e. The molecule has 4 heterocycles. The van der Waals surface area contributed by atoms with Crippen LogP contribution in [0.2, 0.25) is 0 Å². The standard InChI is InChI=1S/C23H23FN6O/c24-30-7-1-2-19-22(30)18-5-3-16(12-20(18)27-23(19)31)15-28-8-10-29(11-9-28)21-6-4-17(13-25)14-26-21/h3-6,12,14H,1-2,7-11,15H2,(H,27,31). The van der Waals surface area contributed by atoms with Crippen molar-refractivity contribution in [2.24, 2.45) is 0 Å². The monoisotopic (exact) mass is 418 g/mol. The van der Waals surface area contributed by atoms with Crippen LogP contribution in [0.1, 0.15) is 23.1 Å². The average molecular weight is 418 g/mol. The molecule has 8 heteroatoms. The van der Waals surface area contributed by atoms with E-state index in [4.69, 9.17) is 5.26 Å². The van der Waals surface area contributed by atoms with Crippen molar-refractivity contribution in [2.75, 3.05) is 42.7 Å². The second kappa shape index (κ2) is 8.00. The number of nitrogens with zero attached hydrogens (tertiary/aromatic N) is 5. The molecule has 1 N–H and O–H groups in total. The van der Waals surface area contributed by atoms with E-state index in [0.717, 1.165) is 49.5 Å². The highest BCUT2D eigenvalue weighted by Crippen LogP contribution is 2.32. The number of rotatable bonds is 3. The molecule has 0 amide bonds. The van der Waals surface area contributed by atoms with E-state index in [1.807, 2.05) is 24.3 Å². The molecule has 0 radical (unpaired) electrons. The molecule has 2 aromatic heterocycles. The van der Waals surface area contributed by atoms with Gasteiger partial charge in [0.25, 0.3) is 5.56 Å². The number of fused-ring (bicyclic) bond motifs is 3. The second-order valence-electron chi connectivity index (χ2n) is 8.13. The van der Waals surface area contributed by atoms with Crippen molar-refractivity contribution in [1.82, 2.24) is 14.9 Å². The Balaban J connectivity index is 1.30. The number of aromatic nitrogens is 2. The van der Waals surface area contributed by atoms with Crippen LogP contribution in [0.5, 0.6) is 0 Å². The Bertz CT molecular complexity index is 1210. The number of nitrogens with one attached hydrogen (secondary N) is 1. The van der Waals surface area contributed by atoms with E-state index in [0.29, 0.717) is 46.8 Å². The molecule has 1 fully saturated rings. The van der Waals surface area contributed by atoms with Crippen LogP contribution in [0.15, 0.2) is 41.3 Å². The molecule has 7 nitrogen and oxygen atoms in total. The van der Waals surface area contributed by atoms with Crippen LogP contribution in [0.4, 0.5) is 16.0 Å². The molecular weight excluding hydrogens is 395 g/mol. The third-order valence-electron chi connectivity index (χ3n) is 6.15. The van der Waals surface area contributed by atoms with Crippen molar-refractivity contribution in [3.63, 3.8) is 0 Å². The Morgan fingerprint density at radius 1 is 1.13 bits per heavy atom. The molecular formula is C23H23FN6O. The predicted octanol–water partition coefficient (Wildman–Crippen LogP) is 2.75. The summed E-state index contributed by atoms with van der Waals surface area (Å²) in [5, 5.41) is 10.4. The van der Waals surface area contributed by atoms with Gasteiger partial charge in [-0.3, -0.25) is 9.69 Å². The molecule has 2 aliphatic heterocycles. The van der Waals surface area contributed by atoms with Crippen LogP contribution in [-0.2, 0) is 13.0 Å². The van der Waals surface area contributed by atoms with Gasteiger partial charge in [0.05, 0.1) is 23.3 Å². The fourth-order valence-corrected chi connectivity index (χ4v) is 4.52. The number of benzene rings is 1. The summed E-state index contributed by atoms with van der Waals surface area (Å²) < 4.78 is 14.4. The zero-order valence-corrected chi connectivity index (χ0v) is 17.1. The number of H-pyrrole nitrogens is 1. The maximum absolute atomic E-state index is 14.4. The minimum atomic E-state index is -0.189. The number of pyridine rings is 2. The summed E-state index contributed by atoms with van der Waals surface area (Å²) in [7, 11) is 0. The van der Waals surface area contributed by atoms with Crippen molar-refractivity contribution >= 4 is 22.4 Å². The van der Waals surface area contributed by atoms with Gasteiger partial charge in [0.1, 0.15) is 11.9 Å². The fraction of sp³-hybridized carbons (Fsp3) is 0.348. The Hall–Kier alpha value is -3.44. The number of aromatic amines is 1.